The summed E-state index contributed by atoms with van der Waals surface area (Å²) in [4.78, 5) is 27.6. The van der Waals surface area contributed by atoms with Crippen LogP contribution in [0.1, 0.15) is 29.6 Å². The molecule has 0 aliphatic carbocycles. The topological polar surface area (TPSA) is 77.5 Å². The van der Waals surface area contributed by atoms with Crippen LogP contribution in [-0.4, -0.2) is 30.0 Å². The Labute approximate surface area is 151 Å². The van der Waals surface area contributed by atoms with Crippen molar-refractivity contribution in [3.63, 3.8) is 0 Å². The average molecular weight is 362 g/mol. The fourth-order valence-electron chi connectivity index (χ4n) is 2.15. The standard InChI is InChI=1S/C18H22N2O4S/c1-12-4-6-15(7-5-12)24-10-17-20-14(11-25-17)9-16(21)19-13(2)8-18(22)23-3/h4-7,11,13H,8-10H2,1-3H3,(H,19,21). The lowest BCUT2D eigenvalue weighted by Crippen LogP contribution is -2.35. The second-order valence-corrected chi connectivity index (χ2v) is 6.70. The molecule has 7 heteroatoms. The number of nitrogens with zero attached hydrogens (tertiary/aromatic N) is 1. The molecule has 0 saturated heterocycles. The van der Waals surface area contributed by atoms with Crippen molar-refractivity contribution in [1.82, 2.24) is 10.3 Å². The fourth-order valence-corrected chi connectivity index (χ4v) is 2.86. The third-order valence-electron chi connectivity index (χ3n) is 3.43. The first-order valence-electron chi connectivity index (χ1n) is 7.95. The van der Waals surface area contributed by atoms with E-state index < -0.39 is 0 Å². The van der Waals surface area contributed by atoms with E-state index in [0.717, 1.165) is 10.8 Å². The summed E-state index contributed by atoms with van der Waals surface area (Å²) >= 11 is 1.46. The highest BCUT2D eigenvalue weighted by molar-refractivity contribution is 7.09. The molecule has 2 rings (SSSR count). The Morgan fingerprint density at radius 2 is 2.00 bits per heavy atom. The van der Waals surface area contributed by atoms with Crippen molar-refractivity contribution >= 4 is 23.2 Å². The second kappa shape index (κ2) is 9.17. The van der Waals surface area contributed by atoms with Gasteiger partial charge in [-0.15, -0.1) is 11.3 Å². The molecule has 6 nitrogen and oxygen atoms in total. The van der Waals surface area contributed by atoms with Gasteiger partial charge in [0.2, 0.25) is 5.91 Å². The summed E-state index contributed by atoms with van der Waals surface area (Å²) in [6.07, 6.45) is 0.321. The van der Waals surface area contributed by atoms with Gasteiger partial charge in [-0.1, -0.05) is 17.7 Å². The molecule has 1 heterocycles. The maximum atomic E-state index is 12.0. The van der Waals surface area contributed by atoms with E-state index >= 15 is 0 Å². The summed E-state index contributed by atoms with van der Waals surface area (Å²) in [6, 6.07) is 7.54. The minimum absolute atomic E-state index is 0.148. The van der Waals surface area contributed by atoms with Crippen LogP contribution in [0, 0.1) is 6.92 Å². The van der Waals surface area contributed by atoms with Crippen molar-refractivity contribution in [3.05, 3.63) is 45.9 Å². The molecule has 25 heavy (non-hydrogen) atoms. The van der Waals surface area contributed by atoms with Gasteiger partial charge in [-0.3, -0.25) is 9.59 Å². The number of hydrogen-bond donors (Lipinski definition) is 1. The van der Waals surface area contributed by atoms with Gasteiger partial charge in [-0.2, -0.15) is 0 Å². The first-order valence-corrected chi connectivity index (χ1v) is 8.83. The van der Waals surface area contributed by atoms with E-state index in [9.17, 15) is 9.59 Å². The van der Waals surface area contributed by atoms with Crippen molar-refractivity contribution in [2.45, 2.75) is 39.3 Å². The van der Waals surface area contributed by atoms with Crippen LogP contribution >= 0.6 is 11.3 Å². The number of hydrogen-bond acceptors (Lipinski definition) is 6. The predicted molar refractivity (Wildman–Crippen MR) is 95.6 cm³/mol. The van der Waals surface area contributed by atoms with Crippen LogP contribution < -0.4 is 10.1 Å². The Morgan fingerprint density at radius 3 is 2.68 bits per heavy atom. The summed E-state index contributed by atoms with van der Waals surface area (Å²) < 4.78 is 10.3. The number of carbonyl (C=O) groups is 2. The van der Waals surface area contributed by atoms with E-state index in [0.29, 0.717) is 12.3 Å². The van der Waals surface area contributed by atoms with Gasteiger partial charge in [0.05, 0.1) is 25.6 Å². The molecule has 134 valence electrons. The number of aryl methyl sites for hydroxylation is 1. The molecular formula is C18H22N2O4S. The maximum Gasteiger partial charge on any atom is 0.307 e. The Kier molecular flexibility index (Phi) is 6.94. The number of carbonyl (C=O) groups excluding carboxylic acids is 2. The third kappa shape index (κ3) is 6.54. The smallest absolute Gasteiger partial charge is 0.307 e. The number of ether oxygens (including phenoxy) is 2. The van der Waals surface area contributed by atoms with Crippen molar-refractivity contribution in [1.29, 1.82) is 0 Å². The highest BCUT2D eigenvalue weighted by Crippen LogP contribution is 2.16. The molecule has 1 unspecified atom stereocenters. The molecule has 1 aromatic heterocycles. The minimum Gasteiger partial charge on any atom is -0.486 e. The summed E-state index contributed by atoms with van der Waals surface area (Å²) in [5.74, 6) is 0.265. The number of rotatable bonds is 8. The molecule has 0 bridgehead atoms. The van der Waals surface area contributed by atoms with E-state index in [2.05, 4.69) is 15.0 Å². The molecule has 1 N–H and O–H groups in total. The molecule has 0 fully saturated rings. The Bertz CT molecular complexity index is 712. The van der Waals surface area contributed by atoms with Crippen LogP contribution in [0.15, 0.2) is 29.6 Å². The molecule has 0 aliphatic heterocycles. The molecule has 1 aromatic carbocycles. The van der Waals surface area contributed by atoms with Gasteiger partial charge in [0.15, 0.2) is 0 Å². The lowest BCUT2D eigenvalue weighted by molar-refractivity contribution is -0.141. The first-order chi connectivity index (χ1) is 12.0. The van der Waals surface area contributed by atoms with Gasteiger partial charge in [0, 0.05) is 11.4 Å². The number of benzene rings is 1. The van der Waals surface area contributed by atoms with E-state index in [1.54, 1.807) is 6.92 Å². The van der Waals surface area contributed by atoms with E-state index in [1.165, 1.54) is 24.0 Å². The summed E-state index contributed by atoms with van der Waals surface area (Å²) in [7, 11) is 1.33. The average Bonchev–Trinajstić information content (AvgIpc) is 3.01. The first kappa shape index (κ1) is 18.9. The van der Waals surface area contributed by atoms with Crippen LogP contribution in [0.4, 0.5) is 0 Å². The van der Waals surface area contributed by atoms with Crippen LogP contribution in [0.3, 0.4) is 0 Å². The zero-order valence-corrected chi connectivity index (χ0v) is 15.4. The van der Waals surface area contributed by atoms with Crippen molar-refractivity contribution < 1.29 is 19.1 Å². The molecule has 0 saturated carbocycles. The molecule has 1 amide bonds. The van der Waals surface area contributed by atoms with E-state index in [4.69, 9.17) is 4.74 Å². The molecule has 0 spiro atoms. The normalized spacial score (nSPS) is 11.6. The number of amides is 1. The van der Waals surface area contributed by atoms with E-state index in [-0.39, 0.29) is 30.8 Å². The lowest BCUT2D eigenvalue weighted by atomic mass is 10.2. The van der Waals surface area contributed by atoms with Crippen LogP contribution in [0.5, 0.6) is 5.75 Å². The van der Waals surface area contributed by atoms with Gasteiger partial charge >= 0.3 is 5.97 Å². The van der Waals surface area contributed by atoms with Gasteiger partial charge in [-0.25, -0.2) is 4.98 Å². The van der Waals surface area contributed by atoms with Gasteiger partial charge in [-0.05, 0) is 26.0 Å². The number of aromatic nitrogens is 1. The van der Waals surface area contributed by atoms with Crippen molar-refractivity contribution in [2.24, 2.45) is 0 Å². The SMILES string of the molecule is COC(=O)CC(C)NC(=O)Cc1csc(COc2ccc(C)cc2)n1. The zero-order valence-electron chi connectivity index (χ0n) is 14.6. The van der Waals surface area contributed by atoms with Gasteiger partial charge in [0.25, 0.3) is 0 Å². The highest BCUT2D eigenvalue weighted by atomic mass is 32.1. The van der Waals surface area contributed by atoms with Crippen LogP contribution in [0.2, 0.25) is 0 Å². The zero-order chi connectivity index (χ0) is 18.2. The lowest BCUT2D eigenvalue weighted by Gasteiger charge is -2.11. The molecule has 2 aromatic rings. The molecule has 0 radical (unpaired) electrons. The molecule has 1 atom stereocenters. The highest BCUT2D eigenvalue weighted by Gasteiger charge is 2.14. The molecule has 0 aliphatic rings. The fraction of sp³-hybridized carbons (Fsp3) is 0.389. The Balaban J connectivity index is 1.79. The van der Waals surface area contributed by atoms with E-state index in [1.807, 2.05) is 36.6 Å². The number of thiazole rings is 1. The van der Waals surface area contributed by atoms with Crippen LogP contribution in [-0.2, 0) is 27.4 Å². The third-order valence-corrected chi connectivity index (χ3v) is 4.30. The molecular weight excluding hydrogens is 340 g/mol. The van der Waals surface area contributed by atoms with Crippen molar-refractivity contribution in [2.75, 3.05) is 7.11 Å². The van der Waals surface area contributed by atoms with Crippen molar-refractivity contribution in [3.8, 4) is 5.75 Å². The largest absolute Gasteiger partial charge is 0.486 e. The maximum absolute atomic E-state index is 12.0. The van der Waals surface area contributed by atoms with Gasteiger partial charge < -0.3 is 14.8 Å². The number of nitrogens with one attached hydrogen (secondary N) is 1. The second-order valence-electron chi connectivity index (χ2n) is 5.76. The Hall–Kier alpha value is -2.41. The minimum atomic E-state index is -0.350. The Morgan fingerprint density at radius 1 is 1.28 bits per heavy atom. The summed E-state index contributed by atoms with van der Waals surface area (Å²) in [5, 5.41) is 5.42. The summed E-state index contributed by atoms with van der Waals surface area (Å²) in [6.45, 7) is 4.15. The monoisotopic (exact) mass is 362 g/mol. The van der Waals surface area contributed by atoms with Crippen LogP contribution in [0.25, 0.3) is 0 Å². The quantitative estimate of drug-likeness (QED) is 0.731. The summed E-state index contributed by atoms with van der Waals surface area (Å²) in [5.41, 5.74) is 1.87. The van der Waals surface area contributed by atoms with Gasteiger partial charge in [0.1, 0.15) is 17.4 Å². The predicted octanol–water partition coefficient (Wildman–Crippen LogP) is 2.64. The number of esters is 1. The number of methoxy groups -OCH3 is 1.